The van der Waals surface area contributed by atoms with Gasteiger partial charge in [0.15, 0.2) is 0 Å². The van der Waals surface area contributed by atoms with Crippen molar-refractivity contribution in [3.63, 3.8) is 0 Å². The van der Waals surface area contributed by atoms with Crippen LogP contribution < -0.4 is 5.73 Å². The molecule has 31 heavy (non-hydrogen) atoms. The molecule has 0 amide bonds. The molecule has 0 spiro atoms. The van der Waals surface area contributed by atoms with Crippen molar-refractivity contribution in [2.24, 2.45) is 0 Å². The van der Waals surface area contributed by atoms with Gasteiger partial charge in [-0.3, -0.25) is 0 Å². The number of fused-ring (bicyclic) bond motifs is 2. The summed E-state index contributed by atoms with van der Waals surface area (Å²) in [4.78, 5) is 26.7. The van der Waals surface area contributed by atoms with Crippen LogP contribution in [0.15, 0.2) is 40.9 Å². The molecule has 1 aromatic carbocycles. The number of nitrogens with zero attached hydrogens (tertiary/aromatic N) is 4. The van der Waals surface area contributed by atoms with Crippen molar-refractivity contribution >= 4 is 49.9 Å². The third kappa shape index (κ3) is 4.25. The second-order valence-corrected chi connectivity index (χ2v) is 9.31. The molecule has 0 fully saturated rings. The fourth-order valence-corrected chi connectivity index (χ4v) is 3.91. The van der Waals surface area contributed by atoms with Crippen LogP contribution in [0.1, 0.15) is 39.8 Å². The minimum atomic E-state index is -0.628. The number of hydrogen-bond acceptors (Lipinski definition) is 6. The summed E-state index contributed by atoms with van der Waals surface area (Å²) in [7, 11) is 0. The summed E-state index contributed by atoms with van der Waals surface area (Å²) in [5.74, 6) is 0.234. The largest absolute Gasteiger partial charge is 0.443 e. The van der Waals surface area contributed by atoms with Crippen molar-refractivity contribution < 1.29 is 9.53 Å². The van der Waals surface area contributed by atoms with Crippen molar-refractivity contribution in [2.75, 3.05) is 5.73 Å². The maximum atomic E-state index is 13.2. The molecular formula is C23H24BrN5O2. The average Bonchev–Trinajstić information content (AvgIpc) is 3.05. The zero-order chi connectivity index (χ0) is 22.3. The number of nitrogens with two attached hydrogens (primary N) is 1. The Bertz CT molecular complexity index is 1310. The molecule has 0 aliphatic heterocycles. The average molecular weight is 482 g/mol. The maximum absolute atomic E-state index is 13.2. The highest BCUT2D eigenvalue weighted by atomic mass is 79.9. The van der Waals surface area contributed by atoms with Gasteiger partial charge in [0.25, 0.3) is 0 Å². The number of carbonyl (C=O) groups is 1. The van der Waals surface area contributed by atoms with Gasteiger partial charge in [0, 0.05) is 9.86 Å². The van der Waals surface area contributed by atoms with Gasteiger partial charge in [-0.2, -0.15) is 0 Å². The van der Waals surface area contributed by atoms with E-state index < -0.39 is 11.7 Å². The van der Waals surface area contributed by atoms with Crippen LogP contribution in [0.2, 0.25) is 0 Å². The quantitative estimate of drug-likeness (QED) is 0.401. The number of hydrogen-bond donors (Lipinski definition) is 1. The highest BCUT2D eigenvalue weighted by Crippen LogP contribution is 2.31. The molecule has 0 radical (unpaired) electrons. The Morgan fingerprint density at radius 2 is 1.90 bits per heavy atom. The Kier molecular flexibility index (Phi) is 5.43. The lowest BCUT2D eigenvalue weighted by Crippen LogP contribution is -2.27. The van der Waals surface area contributed by atoms with Gasteiger partial charge in [-0.25, -0.2) is 24.3 Å². The Morgan fingerprint density at radius 1 is 1.13 bits per heavy atom. The fraction of sp³-hybridized carbons (Fsp3) is 0.304. The summed E-state index contributed by atoms with van der Waals surface area (Å²) in [6, 6.07) is 11.4. The predicted molar refractivity (Wildman–Crippen MR) is 126 cm³/mol. The van der Waals surface area contributed by atoms with E-state index in [1.54, 1.807) is 4.57 Å². The van der Waals surface area contributed by atoms with E-state index in [1.807, 2.05) is 57.2 Å². The number of pyridine rings is 1. The third-order valence-electron chi connectivity index (χ3n) is 4.72. The monoisotopic (exact) mass is 481 g/mol. The minimum absolute atomic E-state index is 0.234. The number of carbonyl (C=O) groups excluding carboxylic acids is 1. The Balaban J connectivity index is 1.95. The summed E-state index contributed by atoms with van der Waals surface area (Å²) in [6.07, 6.45) is 1.19. The molecule has 0 saturated heterocycles. The van der Waals surface area contributed by atoms with Crippen molar-refractivity contribution in [1.82, 2.24) is 19.5 Å². The number of halogens is 1. The molecule has 160 valence electrons. The van der Waals surface area contributed by atoms with Crippen LogP contribution in [0.25, 0.3) is 33.3 Å². The van der Waals surface area contributed by atoms with Crippen molar-refractivity contribution in [3.8, 4) is 11.4 Å². The molecule has 4 rings (SSSR count). The Hall–Kier alpha value is -3.00. The van der Waals surface area contributed by atoms with Gasteiger partial charge in [0.2, 0.25) is 5.95 Å². The Labute approximate surface area is 188 Å². The molecule has 2 N–H and O–H groups in total. The van der Waals surface area contributed by atoms with Crippen LogP contribution in [-0.4, -0.2) is 31.2 Å². The normalized spacial score (nSPS) is 11.9. The SMILES string of the molecule is CCCc1nc(N)nc2ccc(-c3cc4cc(Br)ccc4n3C(=O)OC(C)(C)C)nc12. The number of nitrogen functional groups attached to an aromatic ring is 1. The van der Waals surface area contributed by atoms with E-state index in [1.165, 1.54) is 0 Å². The predicted octanol–water partition coefficient (Wildman–Crippen LogP) is 5.73. The number of benzene rings is 1. The van der Waals surface area contributed by atoms with E-state index in [4.69, 9.17) is 15.5 Å². The molecular weight excluding hydrogens is 458 g/mol. The van der Waals surface area contributed by atoms with Crippen LogP contribution in [0.4, 0.5) is 10.7 Å². The van der Waals surface area contributed by atoms with Gasteiger partial charge in [0.1, 0.15) is 11.1 Å². The van der Waals surface area contributed by atoms with E-state index in [2.05, 4.69) is 32.8 Å². The smallest absolute Gasteiger partial charge is 0.419 e. The second kappa shape index (κ2) is 7.92. The lowest BCUT2D eigenvalue weighted by molar-refractivity contribution is 0.0547. The number of aryl methyl sites for hydroxylation is 1. The molecule has 0 aliphatic rings. The summed E-state index contributed by atoms with van der Waals surface area (Å²) in [5, 5.41) is 0.902. The zero-order valence-corrected chi connectivity index (χ0v) is 19.5. The van der Waals surface area contributed by atoms with Crippen LogP contribution in [0, 0.1) is 0 Å². The lowest BCUT2D eigenvalue weighted by Gasteiger charge is -2.21. The van der Waals surface area contributed by atoms with E-state index in [-0.39, 0.29) is 5.95 Å². The molecule has 3 heterocycles. The first kappa shape index (κ1) is 21.2. The first-order valence-corrected chi connectivity index (χ1v) is 10.9. The van der Waals surface area contributed by atoms with Gasteiger partial charge in [-0.05, 0) is 63.6 Å². The maximum Gasteiger partial charge on any atom is 0.419 e. The summed E-state index contributed by atoms with van der Waals surface area (Å²) in [5.41, 5.74) is 9.44. The number of anilines is 1. The highest BCUT2D eigenvalue weighted by Gasteiger charge is 2.24. The fourth-order valence-electron chi connectivity index (χ4n) is 3.53. The second-order valence-electron chi connectivity index (χ2n) is 8.39. The van der Waals surface area contributed by atoms with E-state index in [0.717, 1.165) is 33.9 Å². The highest BCUT2D eigenvalue weighted by molar-refractivity contribution is 9.10. The Morgan fingerprint density at radius 3 is 2.61 bits per heavy atom. The van der Waals surface area contributed by atoms with Gasteiger partial charge >= 0.3 is 6.09 Å². The minimum Gasteiger partial charge on any atom is -0.443 e. The molecule has 0 atom stereocenters. The molecule has 0 unspecified atom stereocenters. The molecule has 7 nitrogen and oxygen atoms in total. The van der Waals surface area contributed by atoms with Gasteiger partial charge in [-0.1, -0.05) is 29.3 Å². The van der Waals surface area contributed by atoms with Crippen LogP contribution in [0.3, 0.4) is 0 Å². The van der Waals surface area contributed by atoms with Crippen LogP contribution in [0.5, 0.6) is 0 Å². The van der Waals surface area contributed by atoms with Gasteiger partial charge < -0.3 is 10.5 Å². The van der Waals surface area contributed by atoms with Crippen LogP contribution in [-0.2, 0) is 11.2 Å². The zero-order valence-electron chi connectivity index (χ0n) is 17.9. The van der Waals surface area contributed by atoms with Crippen molar-refractivity contribution in [1.29, 1.82) is 0 Å². The van der Waals surface area contributed by atoms with Crippen molar-refractivity contribution in [3.05, 3.63) is 46.6 Å². The van der Waals surface area contributed by atoms with E-state index in [9.17, 15) is 4.79 Å². The topological polar surface area (TPSA) is 95.9 Å². The third-order valence-corrected chi connectivity index (χ3v) is 5.21. The first-order chi connectivity index (χ1) is 14.7. The number of rotatable bonds is 3. The van der Waals surface area contributed by atoms with E-state index in [0.29, 0.717) is 22.4 Å². The first-order valence-electron chi connectivity index (χ1n) is 10.1. The van der Waals surface area contributed by atoms with Gasteiger partial charge in [0.05, 0.1) is 28.1 Å². The number of aromatic nitrogens is 4. The summed E-state index contributed by atoms with van der Waals surface area (Å²) in [6.45, 7) is 7.62. The summed E-state index contributed by atoms with van der Waals surface area (Å²) < 4.78 is 8.18. The molecule has 0 saturated carbocycles. The molecule has 4 aromatic rings. The van der Waals surface area contributed by atoms with Crippen LogP contribution >= 0.6 is 15.9 Å². The molecule has 8 heteroatoms. The van der Waals surface area contributed by atoms with E-state index >= 15 is 0 Å². The van der Waals surface area contributed by atoms with Crippen molar-refractivity contribution in [2.45, 2.75) is 46.1 Å². The standard InChI is InChI=1S/C23H24BrN5O2/c1-5-6-16-20-17(28-21(25)27-16)9-8-15(26-20)19-12-13-11-14(24)7-10-18(13)29(19)22(30)31-23(2,3)4/h7-12H,5-6H2,1-4H3,(H2,25,27,28). The van der Waals surface area contributed by atoms with Gasteiger partial charge in [-0.15, -0.1) is 0 Å². The lowest BCUT2D eigenvalue weighted by atomic mass is 10.1. The molecule has 0 bridgehead atoms. The number of ether oxygens (including phenoxy) is 1. The molecule has 3 aromatic heterocycles. The summed E-state index contributed by atoms with van der Waals surface area (Å²) >= 11 is 3.51. The molecule has 0 aliphatic carbocycles.